The van der Waals surface area contributed by atoms with Gasteiger partial charge in [-0.2, -0.15) is 0 Å². The molecule has 4 aromatic rings. The number of nitrogens with zero attached hydrogens (tertiary/aromatic N) is 3. The first-order valence-corrected chi connectivity index (χ1v) is 8.90. The number of benzene rings is 2. The molecule has 0 spiro atoms. The molecule has 6 heteroatoms. The maximum atomic E-state index is 11.2. The maximum absolute atomic E-state index is 11.2. The summed E-state index contributed by atoms with van der Waals surface area (Å²) < 4.78 is 1.80. The zero-order chi connectivity index (χ0) is 18.1. The van der Waals surface area contributed by atoms with Crippen LogP contribution in [0, 0.1) is 17.0 Å². The van der Waals surface area contributed by atoms with Crippen molar-refractivity contribution in [1.29, 1.82) is 0 Å². The smallest absolute Gasteiger partial charge is 0.286 e. The largest absolute Gasteiger partial charge is 0.287 e. The fourth-order valence-electron chi connectivity index (χ4n) is 2.72. The SMILES string of the molecule is Cc1ccc(Sc2c(-c3ccccc3)nc3ccc([N+](=O)[O-])cn23)cc1. The number of nitro groups is 1. The van der Waals surface area contributed by atoms with Crippen molar-refractivity contribution >= 4 is 23.1 Å². The number of hydrogen-bond donors (Lipinski definition) is 0. The number of aryl methyl sites for hydroxylation is 1. The predicted octanol–water partition coefficient (Wildman–Crippen LogP) is 5.37. The van der Waals surface area contributed by atoms with Crippen LogP contribution in [0.25, 0.3) is 16.9 Å². The number of rotatable bonds is 4. The summed E-state index contributed by atoms with van der Waals surface area (Å²) in [6.45, 7) is 2.04. The van der Waals surface area contributed by atoms with E-state index < -0.39 is 0 Å². The van der Waals surface area contributed by atoms with Crippen LogP contribution in [0.15, 0.2) is 82.8 Å². The molecular weight excluding hydrogens is 346 g/mol. The second-order valence-corrected chi connectivity index (χ2v) is 6.98. The highest BCUT2D eigenvalue weighted by molar-refractivity contribution is 7.99. The summed E-state index contributed by atoms with van der Waals surface area (Å²) in [6, 6.07) is 21.2. The molecule has 0 aliphatic heterocycles. The molecule has 2 aromatic carbocycles. The molecule has 2 heterocycles. The van der Waals surface area contributed by atoms with E-state index in [1.54, 1.807) is 22.2 Å². The van der Waals surface area contributed by atoms with Gasteiger partial charge in [-0.15, -0.1) is 0 Å². The summed E-state index contributed by atoms with van der Waals surface area (Å²) in [5.41, 5.74) is 3.71. The zero-order valence-corrected chi connectivity index (χ0v) is 14.8. The third-order valence-corrected chi connectivity index (χ3v) is 5.14. The van der Waals surface area contributed by atoms with Crippen LogP contribution < -0.4 is 0 Å². The Bertz CT molecular complexity index is 1090. The lowest BCUT2D eigenvalue weighted by molar-refractivity contribution is -0.385. The first kappa shape index (κ1) is 16.4. The van der Waals surface area contributed by atoms with Crippen molar-refractivity contribution in [3.05, 3.63) is 88.6 Å². The summed E-state index contributed by atoms with van der Waals surface area (Å²) in [5, 5.41) is 12.1. The van der Waals surface area contributed by atoms with Crippen LogP contribution in [0.3, 0.4) is 0 Å². The lowest BCUT2D eigenvalue weighted by atomic mass is 10.2. The van der Waals surface area contributed by atoms with Gasteiger partial charge in [0, 0.05) is 16.5 Å². The van der Waals surface area contributed by atoms with Crippen molar-refractivity contribution in [3.63, 3.8) is 0 Å². The Morgan fingerprint density at radius 3 is 2.42 bits per heavy atom. The molecule has 0 amide bonds. The number of fused-ring (bicyclic) bond motifs is 1. The van der Waals surface area contributed by atoms with Crippen molar-refractivity contribution < 1.29 is 4.92 Å². The topological polar surface area (TPSA) is 60.4 Å². The Kier molecular flexibility index (Phi) is 4.18. The van der Waals surface area contributed by atoms with Crippen molar-refractivity contribution in [2.24, 2.45) is 0 Å². The van der Waals surface area contributed by atoms with Gasteiger partial charge in [-0.3, -0.25) is 14.5 Å². The van der Waals surface area contributed by atoms with Crippen LogP contribution in [-0.2, 0) is 0 Å². The van der Waals surface area contributed by atoms with Gasteiger partial charge in [0.05, 0.1) is 11.1 Å². The highest BCUT2D eigenvalue weighted by atomic mass is 32.2. The van der Waals surface area contributed by atoms with E-state index in [0.717, 1.165) is 21.2 Å². The monoisotopic (exact) mass is 361 g/mol. The molecule has 5 nitrogen and oxygen atoms in total. The first-order chi connectivity index (χ1) is 12.6. The zero-order valence-electron chi connectivity index (χ0n) is 14.0. The standard InChI is InChI=1S/C20H15N3O2S/c1-14-7-10-17(11-8-14)26-20-19(15-5-3-2-4-6-15)21-18-12-9-16(23(24)25)13-22(18)20/h2-13H,1H3. The molecule has 0 atom stereocenters. The molecule has 0 fully saturated rings. The summed E-state index contributed by atoms with van der Waals surface area (Å²) in [7, 11) is 0. The Morgan fingerprint density at radius 1 is 1.00 bits per heavy atom. The van der Waals surface area contributed by atoms with E-state index in [1.165, 1.54) is 17.8 Å². The van der Waals surface area contributed by atoms with Crippen molar-refractivity contribution in [1.82, 2.24) is 9.38 Å². The lowest BCUT2D eigenvalue weighted by Gasteiger charge is -2.06. The number of pyridine rings is 1. The Hall–Kier alpha value is -3.12. The summed E-state index contributed by atoms with van der Waals surface area (Å²) in [6.07, 6.45) is 1.53. The van der Waals surface area contributed by atoms with Gasteiger partial charge in [0.1, 0.15) is 16.4 Å². The van der Waals surface area contributed by atoms with E-state index in [-0.39, 0.29) is 10.6 Å². The molecule has 0 saturated heterocycles. The van der Waals surface area contributed by atoms with Gasteiger partial charge in [-0.05, 0) is 25.1 Å². The molecule has 2 aromatic heterocycles. The quantitative estimate of drug-likeness (QED) is 0.362. The minimum absolute atomic E-state index is 0.0419. The maximum Gasteiger partial charge on any atom is 0.286 e. The van der Waals surface area contributed by atoms with E-state index in [4.69, 9.17) is 4.98 Å². The average Bonchev–Trinajstić information content (AvgIpc) is 3.02. The van der Waals surface area contributed by atoms with Crippen LogP contribution in [-0.4, -0.2) is 14.3 Å². The van der Waals surface area contributed by atoms with Crippen LogP contribution in [0.1, 0.15) is 5.56 Å². The summed E-state index contributed by atoms with van der Waals surface area (Å²) in [5.74, 6) is 0. The number of aromatic nitrogens is 2. The molecule has 0 radical (unpaired) electrons. The Balaban J connectivity index is 1.91. The minimum Gasteiger partial charge on any atom is -0.287 e. The van der Waals surface area contributed by atoms with Crippen LogP contribution in [0.2, 0.25) is 0 Å². The Morgan fingerprint density at radius 2 is 1.73 bits per heavy atom. The molecule has 26 heavy (non-hydrogen) atoms. The highest BCUT2D eigenvalue weighted by Crippen LogP contribution is 2.37. The summed E-state index contributed by atoms with van der Waals surface area (Å²) >= 11 is 1.55. The van der Waals surface area contributed by atoms with E-state index in [2.05, 4.69) is 12.1 Å². The van der Waals surface area contributed by atoms with Crippen molar-refractivity contribution in [2.45, 2.75) is 16.8 Å². The fourth-order valence-corrected chi connectivity index (χ4v) is 3.72. The third-order valence-electron chi connectivity index (χ3n) is 4.05. The van der Waals surface area contributed by atoms with Gasteiger partial charge in [0.25, 0.3) is 5.69 Å². The molecule has 0 saturated carbocycles. The first-order valence-electron chi connectivity index (χ1n) is 8.08. The third kappa shape index (κ3) is 3.07. The molecule has 0 aliphatic carbocycles. The molecule has 128 valence electrons. The Labute approximate surface area is 154 Å². The van der Waals surface area contributed by atoms with Gasteiger partial charge in [0.15, 0.2) is 0 Å². The molecule has 4 rings (SSSR count). The van der Waals surface area contributed by atoms with Crippen molar-refractivity contribution in [2.75, 3.05) is 0 Å². The van der Waals surface area contributed by atoms with E-state index in [9.17, 15) is 10.1 Å². The molecule has 0 bridgehead atoms. The van der Waals surface area contributed by atoms with Crippen LogP contribution >= 0.6 is 11.8 Å². The van der Waals surface area contributed by atoms with Gasteiger partial charge < -0.3 is 0 Å². The number of hydrogen-bond acceptors (Lipinski definition) is 4. The van der Waals surface area contributed by atoms with Crippen LogP contribution in [0.5, 0.6) is 0 Å². The lowest BCUT2D eigenvalue weighted by Crippen LogP contribution is -1.93. The molecule has 0 N–H and O–H groups in total. The second kappa shape index (κ2) is 6.65. The fraction of sp³-hybridized carbons (Fsp3) is 0.0500. The second-order valence-electron chi connectivity index (χ2n) is 5.92. The molecule has 0 unspecified atom stereocenters. The minimum atomic E-state index is -0.387. The normalized spacial score (nSPS) is 11.0. The predicted molar refractivity (Wildman–Crippen MR) is 103 cm³/mol. The molecular formula is C20H15N3O2S. The molecule has 0 aliphatic rings. The highest BCUT2D eigenvalue weighted by Gasteiger charge is 2.18. The van der Waals surface area contributed by atoms with E-state index in [1.807, 2.05) is 49.4 Å². The van der Waals surface area contributed by atoms with Gasteiger partial charge in [-0.1, -0.05) is 59.8 Å². The van der Waals surface area contributed by atoms with Crippen LogP contribution in [0.4, 0.5) is 5.69 Å². The number of imidazole rings is 1. The average molecular weight is 361 g/mol. The summed E-state index contributed by atoms with van der Waals surface area (Å²) in [4.78, 5) is 16.6. The van der Waals surface area contributed by atoms with Gasteiger partial charge >= 0.3 is 0 Å². The van der Waals surface area contributed by atoms with Gasteiger partial charge in [-0.25, -0.2) is 4.98 Å². The van der Waals surface area contributed by atoms with E-state index in [0.29, 0.717) is 5.65 Å². The van der Waals surface area contributed by atoms with Gasteiger partial charge in [0.2, 0.25) is 0 Å². The van der Waals surface area contributed by atoms with E-state index >= 15 is 0 Å². The van der Waals surface area contributed by atoms with Crippen molar-refractivity contribution in [3.8, 4) is 11.3 Å².